The highest BCUT2D eigenvalue weighted by atomic mass is 16.3. The number of anilines is 1. The first kappa shape index (κ1) is 14.4. The van der Waals surface area contributed by atoms with Gasteiger partial charge in [-0.15, -0.1) is 0 Å². The zero-order valence-corrected chi connectivity index (χ0v) is 13.3. The van der Waals surface area contributed by atoms with Crippen molar-refractivity contribution in [1.82, 2.24) is 19.9 Å². The number of aromatic nitrogens is 3. The lowest BCUT2D eigenvalue weighted by Gasteiger charge is -2.24. The first-order chi connectivity index (χ1) is 11.1. The van der Waals surface area contributed by atoms with E-state index in [1.54, 1.807) is 11.2 Å². The molecule has 1 saturated heterocycles. The molecule has 1 aliphatic heterocycles. The Kier molecular flexibility index (Phi) is 3.26. The fourth-order valence-corrected chi connectivity index (χ4v) is 3.93. The molecule has 0 unspecified atom stereocenters. The summed E-state index contributed by atoms with van der Waals surface area (Å²) in [7, 11) is 2.06. The molecule has 3 heterocycles. The molecule has 2 N–H and O–H groups in total. The van der Waals surface area contributed by atoms with E-state index in [4.69, 9.17) is 0 Å². The Bertz CT molecular complexity index is 731. The van der Waals surface area contributed by atoms with Gasteiger partial charge < -0.3 is 19.9 Å². The van der Waals surface area contributed by atoms with Gasteiger partial charge in [-0.05, 0) is 30.7 Å². The van der Waals surface area contributed by atoms with Crippen LogP contribution in [0.3, 0.4) is 0 Å². The smallest absolute Gasteiger partial charge is 0.251 e. The van der Waals surface area contributed by atoms with Crippen molar-refractivity contribution in [3.8, 4) is 0 Å². The van der Waals surface area contributed by atoms with Crippen LogP contribution in [-0.4, -0.2) is 63.7 Å². The summed E-state index contributed by atoms with van der Waals surface area (Å²) in [4.78, 5) is 27.5. The van der Waals surface area contributed by atoms with Crippen LogP contribution >= 0.6 is 0 Å². The Hall–Kier alpha value is -2.15. The summed E-state index contributed by atoms with van der Waals surface area (Å²) in [5.74, 6) is 2.52. The molecule has 1 aliphatic carbocycles. The molecule has 2 aliphatic rings. The zero-order chi connectivity index (χ0) is 16.1. The Morgan fingerprint density at radius 3 is 2.91 bits per heavy atom. The Labute approximate surface area is 134 Å². The Morgan fingerprint density at radius 1 is 1.48 bits per heavy atom. The molecule has 1 saturated carbocycles. The van der Waals surface area contributed by atoms with Crippen LogP contribution in [0.5, 0.6) is 0 Å². The molecular weight excluding hydrogens is 294 g/mol. The van der Waals surface area contributed by atoms with Gasteiger partial charge in [0.1, 0.15) is 23.9 Å². The number of aliphatic hydroxyl groups excluding tert-OH is 1. The molecule has 0 spiro atoms. The van der Waals surface area contributed by atoms with Crippen LogP contribution in [0.4, 0.5) is 5.82 Å². The maximum atomic E-state index is 11.8. The van der Waals surface area contributed by atoms with Gasteiger partial charge in [0.05, 0.1) is 5.39 Å². The fourth-order valence-electron chi connectivity index (χ4n) is 3.93. The van der Waals surface area contributed by atoms with E-state index in [-0.39, 0.29) is 5.91 Å². The average Bonchev–Trinajstić information content (AvgIpc) is 2.96. The minimum Gasteiger partial charge on any atom is -0.384 e. The van der Waals surface area contributed by atoms with E-state index in [1.807, 2.05) is 12.3 Å². The molecule has 7 heteroatoms. The summed E-state index contributed by atoms with van der Waals surface area (Å²) in [6.45, 7) is 4.02. The predicted molar refractivity (Wildman–Crippen MR) is 85.9 cm³/mol. The minimum atomic E-state index is -0.892. The van der Waals surface area contributed by atoms with Crippen LogP contribution in [-0.2, 0) is 4.79 Å². The first-order valence-corrected chi connectivity index (χ1v) is 8.02. The third kappa shape index (κ3) is 2.35. The van der Waals surface area contributed by atoms with Gasteiger partial charge in [0.15, 0.2) is 0 Å². The summed E-state index contributed by atoms with van der Waals surface area (Å²) in [5, 5.41) is 10.4. The highest BCUT2D eigenvalue weighted by Gasteiger charge is 2.56. The number of amides is 1. The Morgan fingerprint density at radius 2 is 2.22 bits per heavy atom. The number of piperidine rings is 1. The highest BCUT2D eigenvalue weighted by Crippen LogP contribution is 2.52. The summed E-state index contributed by atoms with van der Waals surface area (Å²) in [5.41, 5.74) is 0.853. The van der Waals surface area contributed by atoms with E-state index in [2.05, 4.69) is 26.9 Å². The van der Waals surface area contributed by atoms with E-state index in [0.717, 1.165) is 36.5 Å². The number of nitrogens with one attached hydrogen (secondary N) is 1. The Balaban J connectivity index is 1.40. The van der Waals surface area contributed by atoms with Gasteiger partial charge >= 0.3 is 0 Å². The van der Waals surface area contributed by atoms with Crippen LogP contribution < -0.4 is 4.90 Å². The van der Waals surface area contributed by atoms with E-state index >= 15 is 0 Å². The number of aromatic amines is 1. The minimum absolute atomic E-state index is 0.144. The molecule has 7 nitrogen and oxygen atoms in total. The zero-order valence-electron chi connectivity index (χ0n) is 13.3. The maximum absolute atomic E-state index is 11.8. The number of carbonyl (C=O) groups excluding carboxylic acids is 1. The van der Waals surface area contributed by atoms with Crippen LogP contribution in [0.15, 0.2) is 18.6 Å². The molecule has 0 aromatic carbocycles. The van der Waals surface area contributed by atoms with Gasteiger partial charge in [-0.1, -0.05) is 0 Å². The second-order valence-electron chi connectivity index (χ2n) is 6.73. The molecule has 2 fully saturated rings. The SMILES string of the molecule is C[C@H](O)C(=O)N1C[C@@H]2[C@H](C1)[C@H]2CN(C)c1ncnc2[nH]ccc12. The van der Waals surface area contributed by atoms with Gasteiger partial charge in [-0.25, -0.2) is 9.97 Å². The fraction of sp³-hybridized carbons (Fsp3) is 0.562. The molecule has 4 rings (SSSR count). The van der Waals surface area contributed by atoms with Crippen molar-refractivity contribution < 1.29 is 9.90 Å². The second-order valence-corrected chi connectivity index (χ2v) is 6.73. The van der Waals surface area contributed by atoms with Gasteiger partial charge in [-0.2, -0.15) is 0 Å². The molecule has 0 radical (unpaired) electrons. The van der Waals surface area contributed by atoms with Crippen LogP contribution in [0.1, 0.15) is 6.92 Å². The van der Waals surface area contributed by atoms with E-state index in [1.165, 1.54) is 6.92 Å². The monoisotopic (exact) mass is 315 g/mol. The molecular formula is C16H21N5O2. The number of likely N-dealkylation sites (tertiary alicyclic amines) is 1. The normalized spacial score (nSPS) is 27.1. The number of carbonyl (C=O) groups is 1. The van der Waals surface area contributed by atoms with Crippen molar-refractivity contribution in [2.45, 2.75) is 13.0 Å². The lowest BCUT2D eigenvalue weighted by Crippen LogP contribution is -2.38. The quantitative estimate of drug-likeness (QED) is 0.857. The standard InChI is InChI=1S/C16H21N5O2/c1-9(22)16(23)21-6-12-11(13(12)7-21)5-20(2)15-10-3-4-17-14(10)18-8-19-15/h3-4,8-9,11-13,22H,5-7H2,1-2H3,(H,17,18,19)/t9-,11-,12-,13+/m0/s1. The third-order valence-electron chi connectivity index (χ3n) is 5.22. The van der Waals surface area contributed by atoms with Crippen molar-refractivity contribution in [2.75, 3.05) is 31.6 Å². The average molecular weight is 315 g/mol. The first-order valence-electron chi connectivity index (χ1n) is 8.02. The lowest BCUT2D eigenvalue weighted by molar-refractivity contribution is -0.138. The van der Waals surface area contributed by atoms with Gasteiger partial charge in [0.2, 0.25) is 0 Å². The molecule has 4 atom stereocenters. The van der Waals surface area contributed by atoms with Gasteiger partial charge in [-0.3, -0.25) is 4.79 Å². The van der Waals surface area contributed by atoms with Crippen molar-refractivity contribution in [3.05, 3.63) is 18.6 Å². The molecule has 2 aromatic rings. The third-order valence-corrected chi connectivity index (χ3v) is 5.22. The number of nitrogens with zero attached hydrogens (tertiary/aromatic N) is 4. The number of hydrogen-bond donors (Lipinski definition) is 2. The molecule has 1 amide bonds. The predicted octanol–water partition coefficient (Wildman–Crippen LogP) is 0.479. The number of fused-ring (bicyclic) bond motifs is 2. The van der Waals surface area contributed by atoms with E-state index in [0.29, 0.717) is 17.8 Å². The lowest BCUT2D eigenvalue weighted by atomic mass is 10.2. The van der Waals surface area contributed by atoms with Gasteiger partial charge in [0.25, 0.3) is 5.91 Å². The van der Waals surface area contributed by atoms with Crippen LogP contribution in [0.25, 0.3) is 11.0 Å². The van der Waals surface area contributed by atoms with Crippen molar-refractivity contribution in [2.24, 2.45) is 17.8 Å². The summed E-state index contributed by atoms with van der Waals surface area (Å²) < 4.78 is 0. The van der Waals surface area contributed by atoms with Crippen molar-refractivity contribution >= 4 is 22.8 Å². The van der Waals surface area contributed by atoms with E-state index < -0.39 is 6.10 Å². The second kappa shape index (κ2) is 5.19. The summed E-state index contributed by atoms with van der Waals surface area (Å²) in [6, 6.07) is 2.00. The van der Waals surface area contributed by atoms with Crippen molar-refractivity contribution in [1.29, 1.82) is 0 Å². The molecule has 0 bridgehead atoms. The van der Waals surface area contributed by atoms with Crippen molar-refractivity contribution in [3.63, 3.8) is 0 Å². The number of H-pyrrole nitrogens is 1. The topological polar surface area (TPSA) is 85.3 Å². The molecule has 122 valence electrons. The van der Waals surface area contributed by atoms with E-state index in [9.17, 15) is 9.90 Å². The summed E-state index contributed by atoms with van der Waals surface area (Å²) >= 11 is 0. The maximum Gasteiger partial charge on any atom is 0.251 e. The molecule has 2 aromatic heterocycles. The number of rotatable bonds is 4. The largest absolute Gasteiger partial charge is 0.384 e. The number of aliphatic hydroxyl groups is 1. The molecule has 23 heavy (non-hydrogen) atoms. The van der Waals surface area contributed by atoms with Gasteiger partial charge in [0, 0.05) is 32.9 Å². The van der Waals surface area contributed by atoms with Crippen LogP contribution in [0.2, 0.25) is 0 Å². The highest BCUT2D eigenvalue weighted by molar-refractivity contribution is 5.87. The number of hydrogen-bond acceptors (Lipinski definition) is 5. The van der Waals surface area contributed by atoms with Crippen LogP contribution in [0, 0.1) is 17.8 Å². The summed E-state index contributed by atoms with van der Waals surface area (Å²) in [6.07, 6.45) is 2.57.